The van der Waals surface area contributed by atoms with Gasteiger partial charge in [0.1, 0.15) is 18.4 Å². The van der Waals surface area contributed by atoms with Gasteiger partial charge in [-0.25, -0.2) is 0 Å². The van der Waals surface area contributed by atoms with Gasteiger partial charge in [-0.3, -0.25) is 4.79 Å². The lowest BCUT2D eigenvalue weighted by molar-refractivity contribution is -0.116. The molecule has 3 rings (SSSR count). The molecule has 0 aromatic heterocycles. The van der Waals surface area contributed by atoms with Crippen LogP contribution in [-0.4, -0.2) is 38.9 Å². The van der Waals surface area contributed by atoms with Crippen LogP contribution in [0.5, 0.6) is 17.2 Å². The molecule has 33 heavy (non-hydrogen) atoms. The molecular formula is C25H28N2O5S. The van der Waals surface area contributed by atoms with E-state index in [1.165, 1.54) is 11.9 Å². The van der Waals surface area contributed by atoms with Crippen molar-refractivity contribution in [3.63, 3.8) is 0 Å². The van der Waals surface area contributed by atoms with Crippen LogP contribution in [0.1, 0.15) is 22.8 Å². The molecule has 0 bridgehead atoms. The summed E-state index contributed by atoms with van der Waals surface area (Å²) in [6.07, 6.45) is -0.910. The number of nitrogens with two attached hydrogens (primary N) is 1. The van der Waals surface area contributed by atoms with E-state index in [-0.39, 0.29) is 6.54 Å². The summed E-state index contributed by atoms with van der Waals surface area (Å²) in [6, 6.07) is 18.4. The zero-order chi connectivity index (χ0) is 24.0. The minimum atomic E-state index is -0.910. The first-order chi connectivity index (χ1) is 15.9. The first-order valence-electron chi connectivity index (χ1n) is 10.2. The van der Waals surface area contributed by atoms with Crippen molar-refractivity contribution >= 4 is 23.5 Å². The van der Waals surface area contributed by atoms with Crippen LogP contribution in [0.25, 0.3) is 0 Å². The summed E-state index contributed by atoms with van der Waals surface area (Å²) in [4.78, 5) is 12.8. The number of benzene rings is 3. The molecule has 0 spiro atoms. The third-order valence-corrected chi connectivity index (χ3v) is 6.06. The maximum Gasteiger partial charge on any atom is 0.238 e. The monoisotopic (exact) mass is 468 g/mol. The van der Waals surface area contributed by atoms with E-state index in [1.54, 1.807) is 43.8 Å². The molecule has 3 N–H and O–H groups in total. The summed E-state index contributed by atoms with van der Waals surface area (Å²) in [5.41, 5.74) is 8.60. The first kappa shape index (κ1) is 24.3. The summed E-state index contributed by atoms with van der Waals surface area (Å²) in [5, 5.41) is 11.2. The fourth-order valence-corrected chi connectivity index (χ4v) is 4.39. The Balaban J connectivity index is 2.01. The molecule has 1 atom stereocenters. The third-order valence-electron chi connectivity index (χ3n) is 5.05. The summed E-state index contributed by atoms with van der Waals surface area (Å²) in [6.45, 7) is 1.90. The standard InChI is InChI=1S/C25H28N2O5S/c1-16-5-11-21(20(13-16)25(29)17-6-8-18(30-2)9-7-17)27(15-24(26)28)33-19-10-12-22(31-3)23(14-19)32-4/h5-14,25,29H,15H2,1-4H3,(H2,26,28). The van der Waals surface area contributed by atoms with Crippen molar-refractivity contribution in [2.24, 2.45) is 5.73 Å². The predicted octanol–water partition coefficient (Wildman–Crippen LogP) is 4.10. The molecule has 0 aliphatic rings. The van der Waals surface area contributed by atoms with Gasteiger partial charge in [0.15, 0.2) is 11.5 Å². The lowest BCUT2D eigenvalue weighted by Gasteiger charge is -2.27. The molecular weight excluding hydrogens is 440 g/mol. The van der Waals surface area contributed by atoms with Crippen molar-refractivity contribution in [1.29, 1.82) is 0 Å². The van der Waals surface area contributed by atoms with Gasteiger partial charge in [-0.05, 0) is 60.8 Å². The van der Waals surface area contributed by atoms with Crippen LogP contribution in [0, 0.1) is 6.92 Å². The molecule has 174 valence electrons. The fourth-order valence-electron chi connectivity index (χ4n) is 3.39. The molecule has 0 heterocycles. The number of aliphatic hydroxyl groups is 1. The van der Waals surface area contributed by atoms with Gasteiger partial charge in [0.25, 0.3) is 0 Å². The number of aliphatic hydroxyl groups excluding tert-OH is 1. The average molecular weight is 469 g/mol. The first-order valence-corrected chi connectivity index (χ1v) is 11.0. The number of nitrogens with zero attached hydrogens (tertiary/aromatic N) is 1. The quantitative estimate of drug-likeness (QED) is 0.433. The molecule has 0 saturated carbocycles. The van der Waals surface area contributed by atoms with Crippen LogP contribution in [0.2, 0.25) is 0 Å². The van der Waals surface area contributed by atoms with Gasteiger partial charge in [0.2, 0.25) is 5.91 Å². The maximum absolute atomic E-state index is 11.9. The second-order valence-corrected chi connectivity index (χ2v) is 8.44. The summed E-state index contributed by atoms with van der Waals surface area (Å²) >= 11 is 1.32. The minimum absolute atomic E-state index is 0.0512. The Morgan fingerprint density at radius 3 is 2.27 bits per heavy atom. The lowest BCUT2D eigenvalue weighted by atomic mass is 9.98. The average Bonchev–Trinajstić information content (AvgIpc) is 2.82. The summed E-state index contributed by atoms with van der Waals surface area (Å²) < 4.78 is 17.7. The van der Waals surface area contributed by atoms with E-state index in [1.807, 2.05) is 49.4 Å². The minimum Gasteiger partial charge on any atom is -0.497 e. The molecule has 0 fully saturated rings. The number of anilines is 1. The molecule has 0 aliphatic heterocycles. The van der Waals surface area contributed by atoms with Gasteiger partial charge in [-0.1, -0.05) is 29.8 Å². The van der Waals surface area contributed by atoms with Crippen LogP contribution in [-0.2, 0) is 4.79 Å². The van der Waals surface area contributed by atoms with E-state index in [2.05, 4.69) is 0 Å². The SMILES string of the molecule is COc1ccc(C(O)c2cc(C)ccc2N(CC(N)=O)Sc2ccc(OC)c(OC)c2)cc1. The predicted molar refractivity (Wildman–Crippen MR) is 130 cm³/mol. The second kappa shape index (κ2) is 11.0. The van der Waals surface area contributed by atoms with E-state index in [4.69, 9.17) is 19.9 Å². The van der Waals surface area contributed by atoms with Crippen molar-refractivity contribution in [2.75, 3.05) is 32.2 Å². The van der Waals surface area contributed by atoms with E-state index in [0.717, 1.165) is 10.5 Å². The molecule has 7 nitrogen and oxygen atoms in total. The molecule has 1 unspecified atom stereocenters. The summed E-state index contributed by atoms with van der Waals surface area (Å²) in [7, 11) is 4.73. The normalized spacial score (nSPS) is 11.5. The van der Waals surface area contributed by atoms with Crippen molar-refractivity contribution in [1.82, 2.24) is 0 Å². The Bertz CT molecular complexity index is 1100. The molecule has 0 aliphatic carbocycles. The van der Waals surface area contributed by atoms with Crippen molar-refractivity contribution in [2.45, 2.75) is 17.9 Å². The summed E-state index contributed by atoms with van der Waals surface area (Å²) in [5.74, 6) is 1.39. The second-order valence-electron chi connectivity index (χ2n) is 7.35. The Morgan fingerprint density at radius 1 is 0.970 bits per heavy atom. The van der Waals surface area contributed by atoms with E-state index < -0.39 is 12.0 Å². The largest absolute Gasteiger partial charge is 0.497 e. The number of aryl methyl sites for hydroxylation is 1. The number of hydrogen-bond acceptors (Lipinski definition) is 7. The highest BCUT2D eigenvalue weighted by atomic mass is 32.2. The van der Waals surface area contributed by atoms with Gasteiger partial charge < -0.3 is 29.4 Å². The van der Waals surface area contributed by atoms with Gasteiger partial charge in [-0.2, -0.15) is 0 Å². The van der Waals surface area contributed by atoms with Crippen LogP contribution >= 0.6 is 11.9 Å². The number of primary amides is 1. The molecule has 0 radical (unpaired) electrons. The van der Waals surface area contributed by atoms with E-state index in [0.29, 0.717) is 34.1 Å². The Hall–Kier alpha value is -3.36. The van der Waals surface area contributed by atoms with Gasteiger partial charge in [-0.15, -0.1) is 0 Å². The van der Waals surface area contributed by atoms with Crippen molar-refractivity contribution < 1.29 is 24.1 Å². The molecule has 8 heteroatoms. The van der Waals surface area contributed by atoms with Gasteiger partial charge >= 0.3 is 0 Å². The van der Waals surface area contributed by atoms with E-state index in [9.17, 15) is 9.90 Å². The van der Waals surface area contributed by atoms with Crippen LogP contribution in [0.15, 0.2) is 65.6 Å². The number of methoxy groups -OCH3 is 3. The van der Waals surface area contributed by atoms with Crippen LogP contribution in [0.4, 0.5) is 5.69 Å². The Labute approximate surface area is 198 Å². The number of carbonyl (C=O) groups excluding carboxylic acids is 1. The Kier molecular flexibility index (Phi) is 8.08. The topological polar surface area (TPSA) is 94.2 Å². The fraction of sp³-hybridized carbons (Fsp3) is 0.240. The van der Waals surface area contributed by atoms with Crippen LogP contribution in [0.3, 0.4) is 0 Å². The number of hydrogen-bond donors (Lipinski definition) is 2. The van der Waals surface area contributed by atoms with Crippen LogP contribution < -0.4 is 24.2 Å². The third kappa shape index (κ3) is 5.91. The zero-order valence-corrected chi connectivity index (χ0v) is 19.9. The molecule has 3 aromatic rings. The van der Waals surface area contributed by atoms with Crippen molar-refractivity contribution in [3.05, 3.63) is 77.4 Å². The van der Waals surface area contributed by atoms with E-state index >= 15 is 0 Å². The smallest absolute Gasteiger partial charge is 0.238 e. The highest BCUT2D eigenvalue weighted by molar-refractivity contribution is 8.00. The number of ether oxygens (including phenoxy) is 3. The number of rotatable bonds is 10. The van der Waals surface area contributed by atoms with Gasteiger partial charge in [0, 0.05) is 10.5 Å². The number of amides is 1. The highest BCUT2D eigenvalue weighted by Crippen LogP contribution is 2.39. The highest BCUT2D eigenvalue weighted by Gasteiger charge is 2.22. The molecule has 3 aromatic carbocycles. The number of carbonyl (C=O) groups is 1. The molecule has 0 saturated heterocycles. The molecule has 1 amide bonds. The lowest BCUT2D eigenvalue weighted by Crippen LogP contribution is -2.29. The van der Waals surface area contributed by atoms with Gasteiger partial charge in [0.05, 0.1) is 27.0 Å². The van der Waals surface area contributed by atoms with Crippen molar-refractivity contribution in [3.8, 4) is 17.2 Å². The Morgan fingerprint density at radius 2 is 1.67 bits per heavy atom. The maximum atomic E-state index is 11.9. The zero-order valence-electron chi connectivity index (χ0n) is 19.1.